The summed E-state index contributed by atoms with van der Waals surface area (Å²) < 4.78 is 0. The van der Waals surface area contributed by atoms with Gasteiger partial charge in [0.25, 0.3) is 0 Å². The fourth-order valence-electron chi connectivity index (χ4n) is 1.95. The van der Waals surface area contributed by atoms with Crippen molar-refractivity contribution >= 4 is 16.7 Å². The number of fused-ring (bicyclic) bond motifs is 1. The van der Waals surface area contributed by atoms with E-state index in [1.807, 2.05) is 37.3 Å². The molecule has 0 aliphatic rings. The van der Waals surface area contributed by atoms with Crippen LogP contribution in [0.15, 0.2) is 36.5 Å². The van der Waals surface area contributed by atoms with Crippen LogP contribution >= 0.6 is 0 Å². The fourth-order valence-corrected chi connectivity index (χ4v) is 1.95. The maximum atomic E-state index is 12.3. The zero-order valence-electron chi connectivity index (χ0n) is 9.89. The number of hydrogen-bond acceptors (Lipinski definition) is 3. The summed E-state index contributed by atoms with van der Waals surface area (Å²) in [6.07, 6.45) is 2.43. The number of nitrogens with zero attached hydrogens (tertiary/aromatic N) is 1. The van der Waals surface area contributed by atoms with Gasteiger partial charge in [-0.1, -0.05) is 25.1 Å². The Hall–Kier alpha value is -1.74. The van der Waals surface area contributed by atoms with E-state index in [2.05, 4.69) is 4.98 Å². The first-order valence-corrected chi connectivity index (χ1v) is 5.82. The molecule has 2 rings (SSSR count). The SMILES string of the molecule is CC(CCN)C(=O)c1cccc2cccnc12. The lowest BCUT2D eigenvalue weighted by Gasteiger charge is -2.10. The van der Waals surface area contributed by atoms with Gasteiger partial charge in [-0.15, -0.1) is 0 Å². The van der Waals surface area contributed by atoms with Crippen LogP contribution in [0.5, 0.6) is 0 Å². The molecule has 1 aromatic carbocycles. The molecule has 0 fully saturated rings. The molecule has 1 unspecified atom stereocenters. The van der Waals surface area contributed by atoms with Crippen molar-refractivity contribution in [2.45, 2.75) is 13.3 Å². The van der Waals surface area contributed by atoms with Crippen LogP contribution in [0.25, 0.3) is 10.9 Å². The number of para-hydroxylation sites is 1. The Kier molecular flexibility index (Phi) is 3.49. The van der Waals surface area contributed by atoms with Gasteiger partial charge in [-0.05, 0) is 25.1 Å². The van der Waals surface area contributed by atoms with Crippen molar-refractivity contribution in [3.8, 4) is 0 Å². The van der Waals surface area contributed by atoms with Crippen molar-refractivity contribution < 1.29 is 4.79 Å². The van der Waals surface area contributed by atoms with Gasteiger partial charge < -0.3 is 5.73 Å². The molecule has 0 spiro atoms. The molecule has 2 N–H and O–H groups in total. The molecular formula is C14H16N2O. The zero-order valence-corrected chi connectivity index (χ0v) is 9.89. The molecule has 0 saturated carbocycles. The Morgan fingerprint density at radius 3 is 2.88 bits per heavy atom. The van der Waals surface area contributed by atoms with Gasteiger partial charge in [-0.3, -0.25) is 9.78 Å². The van der Waals surface area contributed by atoms with Gasteiger partial charge >= 0.3 is 0 Å². The normalized spacial score (nSPS) is 12.6. The lowest BCUT2D eigenvalue weighted by atomic mass is 9.95. The predicted octanol–water partition coefficient (Wildman–Crippen LogP) is 2.40. The van der Waals surface area contributed by atoms with Gasteiger partial charge in [0.15, 0.2) is 5.78 Å². The highest BCUT2D eigenvalue weighted by Gasteiger charge is 2.17. The summed E-state index contributed by atoms with van der Waals surface area (Å²) in [5, 5.41) is 0.998. The van der Waals surface area contributed by atoms with Crippen LogP contribution in [-0.2, 0) is 0 Å². The first-order valence-electron chi connectivity index (χ1n) is 5.82. The standard InChI is InChI=1S/C14H16N2O/c1-10(7-8-15)14(17)12-6-2-4-11-5-3-9-16-13(11)12/h2-6,9-10H,7-8,15H2,1H3. The number of aromatic nitrogens is 1. The summed E-state index contributed by atoms with van der Waals surface area (Å²) in [6.45, 7) is 2.45. The van der Waals surface area contributed by atoms with Crippen LogP contribution in [0.2, 0.25) is 0 Å². The quantitative estimate of drug-likeness (QED) is 0.817. The first-order chi connectivity index (χ1) is 8.24. The molecule has 1 aromatic heterocycles. The fraction of sp³-hybridized carbons (Fsp3) is 0.286. The number of nitrogens with two attached hydrogens (primary N) is 1. The van der Waals surface area contributed by atoms with Gasteiger partial charge in [0.05, 0.1) is 5.52 Å². The van der Waals surface area contributed by atoms with E-state index in [1.54, 1.807) is 6.20 Å². The maximum absolute atomic E-state index is 12.3. The van der Waals surface area contributed by atoms with Crippen LogP contribution in [0.3, 0.4) is 0 Å². The van der Waals surface area contributed by atoms with Gasteiger partial charge in [0.2, 0.25) is 0 Å². The van der Waals surface area contributed by atoms with E-state index in [0.29, 0.717) is 18.5 Å². The maximum Gasteiger partial charge on any atom is 0.167 e. The Morgan fingerprint density at radius 2 is 2.12 bits per heavy atom. The van der Waals surface area contributed by atoms with Crippen LogP contribution in [0.4, 0.5) is 0 Å². The van der Waals surface area contributed by atoms with E-state index in [4.69, 9.17) is 5.73 Å². The third kappa shape index (κ3) is 2.34. The lowest BCUT2D eigenvalue weighted by molar-refractivity contribution is 0.0927. The second-order valence-electron chi connectivity index (χ2n) is 4.22. The van der Waals surface area contributed by atoms with E-state index < -0.39 is 0 Å². The number of pyridine rings is 1. The molecule has 88 valence electrons. The summed E-state index contributed by atoms with van der Waals surface area (Å²) in [5.41, 5.74) is 6.97. The van der Waals surface area contributed by atoms with Crippen molar-refractivity contribution in [2.75, 3.05) is 6.54 Å². The Balaban J connectivity index is 2.45. The van der Waals surface area contributed by atoms with Crippen molar-refractivity contribution in [2.24, 2.45) is 11.7 Å². The van der Waals surface area contributed by atoms with Crippen molar-refractivity contribution in [1.82, 2.24) is 4.98 Å². The van der Waals surface area contributed by atoms with E-state index in [-0.39, 0.29) is 11.7 Å². The van der Waals surface area contributed by atoms with E-state index in [9.17, 15) is 4.79 Å². The number of benzene rings is 1. The Labute approximate surface area is 101 Å². The van der Waals surface area contributed by atoms with E-state index >= 15 is 0 Å². The summed E-state index contributed by atoms with van der Waals surface area (Å²) in [6, 6.07) is 9.54. The minimum Gasteiger partial charge on any atom is -0.330 e. The highest BCUT2D eigenvalue weighted by molar-refractivity contribution is 6.07. The number of carbonyl (C=O) groups excluding carboxylic acids is 1. The van der Waals surface area contributed by atoms with Gasteiger partial charge in [0.1, 0.15) is 0 Å². The van der Waals surface area contributed by atoms with Crippen LogP contribution < -0.4 is 5.73 Å². The molecule has 0 amide bonds. The Morgan fingerprint density at radius 1 is 1.35 bits per heavy atom. The predicted molar refractivity (Wildman–Crippen MR) is 68.9 cm³/mol. The molecule has 0 radical (unpaired) electrons. The van der Waals surface area contributed by atoms with E-state index in [0.717, 1.165) is 10.9 Å². The van der Waals surface area contributed by atoms with Crippen molar-refractivity contribution in [3.63, 3.8) is 0 Å². The van der Waals surface area contributed by atoms with E-state index in [1.165, 1.54) is 0 Å². The molecule has 0 aliphatic heterocycles. The number of hydrogen-bond donors (Lipinski definition) is 1. The van der Waals surface area contributed by atoms with Gasteiger partial charge in [-0.2, -0.15) is 0 Å². The number of Topliss-reactive ketones (excluding diaryl/α,β-unsaturated/α-hetero) is 1. The third-order valence-corrected chi connectivity index (χ3v) is 2.95. The molecule has 1 atom stereocenters. The average Bonchev–Trinajstić information content (AvgIpc) is 2.37. The van der Waals surface area contributed by atoms with Crippen molar-refractivity contribution in [3.05, 3.63) is 42.1 Å². The smallest absolute Gasteiger partial charge is 0.167 e. The van der Waals surface area contributed by atoms with Crippen molar-refractivity contribution in [1.29, 1.82) is 0 Å². The highest BCUT2D eigenvalue weighted by Crippen LogP contribution is 2.20. The molecule has 17 heavy (non-hydrogen) atoms. The minimum absolute atomic E-state index is 0.0485. The molecule has 3 heteroatoms. The van der Waals surface area contributed by atoms with Crippen LogP contribution in [0, 0.1) is 5.92 Å². The third-order valence-electron chi connectivity index (χ3n) is 2.95. The summed E-state index contributed by atoms with van der Waals surface area (Å²) in [4.78, 5) is 16.5. The summed E-state index contributed by atoms with van der Waals surface area (Å²) >= 11 is 0. The average molecular weight is 228 g/mol. The molecule has 1 heterocycles. The first kappa shape index (κ1) is 11.7. The second kappa shape index (κ2) is 5.06. The summed E-state index contributed by atoms with van der Waals surface area (Å²) in [5.74, 6) is 0.0763. The number of ketones is 1. The topological polar surface area (TPSA) is 56.0 Å². The number of carbonyl (C=O) groups is 1. The van der Waals surface area contributed by atoms with Crippen LogP contribution in [0.1, 0.15) is 23.7 Å². The van der Waals surface area contributed by atoms with Crippen LogP contribution in [-0.4, -0.2) is 17.3 Å². The summed E-state index contributed by atoms with van der Waals surface area (Å²) in [7, 11) is 0. The molecule has 0 aliphatic carbocycles. The molecule has 2 aromatic rings. The second-order valence-corrected chi connectivity index (χ2v) is 4.22. The lowest BCUT2D eigenvalue weighted by Crippen LogP contribution is -2.16. The van der Waals surface area contributed by atoms with Gasteiger partial charge in [-0.25, -0.2) is 0 Å². The Bertz CT molecular complexity index is 531. The monoisotopic (exact) mass is 228 g/mol. The molecule has 0 saturated heterocycles. The zero-order chi connectivity index (χ0) is 12.3. The molecule has 0 bridgehead atoms. The largest absolute Gasteiger partial charge is 0.330 e. The number of rotatable bonds is 4. The minimum atomic E-state index is -0.0485. The molecule has 3 nitrogen and oxygen atoms in total. The highest BCUT2D eigenvalue weighted by atomic mass is 16.1. The molecular weight excluding hydrogens is 212 g/mol. The van der Waals surface area contributed by atoms with Gasteiger partial charge in [0, 0.05) is 23.1 Å².